The van der Waals surface area contributed by atoms with Crippen LogP contribution in [-0.2, 0) is 22.6 Å². The van der Waals surface area contributed by atoms with Gasteiger partial charge in [0, 0.05) is 18.8 Å². The van der Waals surface area contributed by atoms with Crippen molar-refractivity contribution in [2.75, 3.05) is 0 Å². The lowest BCUT2D eigenvalue weighted by molar-refractivity contribution is -0.140. The van der Waals surface area contributed by atoms with E-state index >= 15 is 0 Å². The molecule has 1 aromatic heterocycles. The largest absolute Gasteiger partial charge is 0.278 e. The molecule has 0 spiro atoms. The molecule has 1 aliphatic heterocycles. The monoisotopic (exact) mass is 294 g/mol. The number of aryl methyl sites for hydroxylation is 1. The molecule has 1 saturated heterocycles. The minimum Gasteiger partial charge on any atom is -0.278 e. The zero-order valence-corrected chi connectivity index (χ0v) is 12.5. The summed E-state index contributed by atoms with van der Waals surface area (Å²) in [5, 5.41) is 0. The second-order valence-electron chi connectivity index (χ2n) is 5.77. The minimum atomic E-state index is -0.244. The summed E-state index contributed by atoms with van der Waals surface area (Å²) >= 11 is 0. The van der Waals surface area contributed by atoms with Crippen molar-refractivity contribution in [3.8, 4) is 0 Å². The third kappa shape index (κ3) is 3.06. The highest BCUT2D eigenvalue weighted by Crippen LogP contribution is 2.25. The molecule has 112 valence electrons. The number of imide groups is 1. The van der Waals surface area contributed by atoms with E-state index in [-0.39, 0.29) is 17.7 Å². The third-order valence-electron chi connectivity index (χ3n) is 4.00. The van der Waals surface area contributed by atoms with Gasteiger partial charge >= 0.3 is 0 Å². The topological polar surface area (TPSA) is 50.3 Å². The first-order valence-electron chi connectivity index (χ1n) is 7.42. The van der Waals surface area contributed by atoms with Crippen LogP contribution in [0, 0.1) is 12.8 Å². The first-order chi connectivity index (χ1) is 10.6. The Labute approximate surface area is 129 Å². The molecule has 2 amide bonds. The van der Waals surface area contributed by atoms with Gasteiger partial charge in [0.2, 0.25) is 11.8 Å². The first-order valence-corrected chi connectivity index (χ1v) is 7.42. The van der Waals surface area contributed by atoms with Crippen LogP contribution in [0.15, 0.2) is 48.8 Å². The summed E-state index contributed by atoms with van der Waals surface area (Å²) < 4.78 is 0. The maximum Gasteiger partial charge on any atom is 0.233 e. The average Bonchev–Trinajstić information content (AvgIpc) is 2.78. The average molecular weight is 294 g/mol. The van der Waals surface area contributed by atoms with E-state index in [0.717, 1.165) is 11.1 Å². The molecule has 1 aromatic carbocycles. The molecule has 0 aliphatic carbocycles. The molecular weight excluding hydrogens is 276 g/mol. The van der Waals surface area contributed by atoms with E-state index in [9.17, 15) is 9.59 Å². The molecule has 0 radical (unpaired) electrons. The van der Waals surface area contributed by atoms with Gasteiger partial charge in [0.05, 0.1) is 12.5 Å². The molecule has 0 saturated carbocycles. The minimum absolute atomic E-state index is 0.0746. The first kappa shape index (κ1) is 14.4. The van der Waals surface area contributed by atoms with Gasteiger partial charge in [-0.05, 0) is 30.5 Å². The van der Waals surface area contributed by atoms with Crippen LogP contribution in [0.3, 0.4) is 0 Å². The molecule has 1 unspecified atom stereocenters. The van der Waals surface area contributed by atoms with E-state index in [1.807, 2.05) is 43.3 Å². The maximum absolute atomic E-state index is 12.5. The van der Waals surface area contributed by atoms with Crippen LogP contribution >= 0.6 is 0 Å². The summed E-state index contributed by atoms with van der Waals surface area (Å²) in [7, 11) is 0. The summed E-state index contributed by atoms with van der Waals surface area (Å²) in [5.41, 5.74) is 3.16. The van der Waals surface area contributed by atoms with Gasteiger partial charge < -0.3 is 0 Å². The lowest BCUT2D eigenvalue weighted by atomic mass is 9.97. The highest BCUT2D eigenvalue weighted by atomic mass is 16.2. The smallest absolute Gasteiger partial charge is 0.233 e. The van der Waals surface area contributed by atoms with E-state index in [1.165, 1.54) is 10.5 Å². The zero-order valence-electron chi connectivity index (χ0n) is 12.5. The number of hydrogen-bond acceptors (Lipinski definition) is 3. The molecule has 2 heterocycles. The van der Waals surface area contributed by atoms with Crippen molar-refractivity contribution in [3.63, 3.8) is 0 Å². The number of nitrogens with zero attached hydrogens (tertiary/aromatic N) is 2. The summed E-state index contributed by atoms with van der Waals surface area (Å²) in [4.78, 5) is 30.0. The Morgan fingerprint density at radius 3 is 2.59 bits per heavy atom. The van der Waals surface area contributed by atoms with E-state index in [1.54, 1.807) is 12.4 Å². The van der Waals surface area contributed by atoms with Gasteiger partial charge in [-0.2, -0.15) is 0 Å². The lowest BCUT2D eigenvalue weighted by Gasteiger charge is -2.15. The molecule has 2 aromatic rings. The van der Waals surface area contributed by atoms with Crippen LogP contribution in [0.1, 0.15) is 23.1 Å². The Hall–Kier alpha value is -2.49. The maximum atomic E-state index is 12.5. The molecular formula is C18H18N2O2. The summed E-state index contributed by atoms with van der Waals surface area (Å²) in [6.07, 6.45) is 4.28. The van der Waals surface area contributed by atoms with Crippen LogP contribution in [0.5, 0.6) is 0 Å². The molecule has 3 rings (SSSR count). The number of carbonyl (C=O) groups excluding carboxylic acids is 2. The number of amides is 2. The number of hydrogen-bond donors (Lipinski definition) is 0. The van der Waals surface area contributed by atoms with Crippen molar-refractivity contribution < 1.29 is 9.59 Å². The predicted molar refractivity (Wildman–Crippen MR) is 82.8 cm³/mol. The second-order valence-corrected chi connectivity index (χ2v) is 5.77. The summed E-state index contributed by atoms with van der Waals surface area (Å²) in [6.45, 7) is 2.35. The molecule has 1 aliphatic rings. The number of benzene rings is 1. The van der Waals surface area contributed by atoms with Gasteiger partial charge in [-0.3, -0.25) is 19.5 Å². The van der Waals surface area contributed by atoms with Crippen LogP contribution in [0.4, 0.5) is 0 Å². The fourth-order valence-electron chi connectivity index (χ4n) is 2.76. The van der Waals surface area contributed by atoms with Crippen molar-refractivity contribution in [2.24, 2.45) is 5.92 Å². The van der Waals surface area contributed by atoms with E-state index < -0.39 is 0 Å². The van der Waals surface area contributed by atoms with E-state index in [0.29, 0.717) is 19.4 Å². The highest BCUT2D eigenvalue weighted by molar-refractivity contribution is 6.03. The normalized spacial score (nSPS) is 18.0. The van der Waals surface area contributed by atoms with Crippen LogP contribution in [0.2, 0.25) is 0 Å². The van der Waals surface area contributed by atoms with Gasteiger partial charge in [0.1, 0.15) is 0 Å². The Balaban J connectivity index is 1.70. The highest BCUT2D eigenvalue weighted by Gasteiger charge is 2.38. The number of pyridine rings is 1. The fraction of sp³-hybridized carbons (Fsp3) is 0.278. The van der Waals surface area contributed by atoms with Crippen molar-refractivity contribution in [3.05, 3.63) is 65.5 Å². The van der Waals surface area contributed by atoms with Gasteiger partial charge in [0.15, 0.2) is 0 Å². The Bertz CT molecular complexity index is 680. The third-order valence-corrected chi connectivity index (χ3v) is 4.00. The van der Waals surface area contributed by atoms with Gasteiger partial charge in [0.25, 0.3) is 0 Å². The van der Waals surface area contributed by atoms with Gasteiger partial charge in [-0.25, -0.2) is 0 Å². The number of carbonyl (C=O) groups is 2. The van der Waals surface area contributed by atoms with E-state index in [4.69, 9.17) is 0 Å². The van der Waals surface area contributed by atoms with Crippen molar-refractivity contribution >= 4 is 11.8 Å². The summed E-state index contributed by atoms with van der Waals surface area (Å²) in [5.74, 6) is -0.410. The van der Waals surface area contributed by atoms with Crippen LogP contribution < -0.4 is 0 Å². The Morgan fingerprint density at radius 2 is 1.91 bits per heavy atom. The van der Waals surface area contributed by atoms with Gasteiger partial charge in [-0.1, -0.05) is 35.9 Å². The lowest BCUT2D eigenvalue weighted by Crippen LogP contribution is -2.30. The van der Waals surface area contributed by atoms with Crippen molar-refractivity contribution in [1.82, 2.24) is 9.88 Å². The Kier molecular flexibility index (Phi) is 4.00. The predicted octanol–water partition coefficient (Wildman–Crippen LogP) is 2.51. The summed E-state index contributed by atoms with van der Waals surface area (Å²) in [6, 6.07) is 11.8. The zero-order chi connectivity index (χ0) is 15.5. The second kappa shape index (κ2) is 6.10. The van der Waals surface area contributed by atoms with Crippen LogP contribution in [-0.4, -0.2) is 21.7 Å². The molecule has 0 bridgehead atoms. The fourth-order valence-corrected chi connectivity index (χ4v) is 2.76. The van der Waals surface area contributed by atoms with Gasteiger partial charge in [-0.15, -0.1) is 0 Å². The number of rotatable bonds is 4. The van der Waals surface area contributed by atoms with Crippen molar-refractivity contribution in [2.45, 2.75) is 26.3 Å². The van der Waals surface area contributed by atoms with E-state index in [2.05, 4.69) is 4.98 Å². The SMILES string of the molecule is Cc1ccc(CC2CC(=O)N(Cc3cccnc3)C2=O)cc1. The molecule has 22 heavy (non-hydrogen) atoms. The number of likely N-dealkylation sites (tertiary alicyclic amines) is 1. The number of aromatic nitrogens is 1. The molecule has 1 atom stereocenters. The molecule has 4 nitrogen and oxygen atoms in total. The van der Waals surface area contributed by atoms with Crippen LogP contribution in [0.25, 0.3) is 0 Å². The molecule has 4 heteroatoms. The molecule has 1 fully saturated rings. The Morgan fingerprint density at radius 1 is 1.14 bits per heavy atom. The standard InChI is InChI=1S/C18H18N2O2/c1-13-4-6-14(7-5-13)9-16-10-17(21)20(18(16)22)12-15-3-2-8-19-11-15/h2-8,11,16H,9-10,12H2,1H3. The molecule has 0 N–H and O–H groups in total. The van der Waals surface area contributed by atoms with Crippen molar-refractivity contribution in [1.29, 1.82) is 0 Å². The quantitative estimate of drug-likeness (QED) is 0.814.